The Kier molecular flexibility index (Phi) is 6.71. The first kappa shape index (κ1) is 24.8. The van der Waals surface area contributed by atoms with E-state index in [1.165, 1.54) is 24.3 Å². The highest BCUT2D eigenvalue weighted by Crippen LogP contribution is 2.34. The monoisotopic (exact) mass is 516 g/mol. The van der Waals surface area contributed by atoms with Gasteiger partial charge in [-0.1, -0.05) is 18.2 Å². The van der Waals surface area contributed by atoms with Crippen LogP contribution < -0.4 is 5.32 Å². The first-order valence-electron chi connectivity index (χ1n) is 10.2. The molecule has 1 aromatic heterocycles. The summed E-state index contributed by atoms with van der Waals surface area (Å²) in [4.78, 5) is 48.9. The van der Waals surface area contributed by atoms with E-state index < -0.39 is 41.3 Å². The predicted molar refractivity (Wildman–Crippen MR) is 124 cm³/mol. The van der Waals surface area contributed by atoms with Gasteiger partial charge in [-0.25, -0.2) is 4.79 Å². The van der Waals surface area contributed by atoms with E-state index in [4.69, 9.17) is 9.52 Å². The van der Waals surface area contributed by atoms with Gasteiger partial charge in [-0.3, -0.25) is 19.3 Å². The van der Waals surface area contributed by atoms with E-state index in [0.717, 1.165) is 18.2 Å². The SMILES string of the molecule is O=C(CN1C(=O)S/C(=C\c2ccc(-c3ccc(C(=O)O)cc3)o2)C1=O)Nc1cccc(C(F)(F)F)c1. The standard InChI is InChI=1S/C24H15F3N2O6S/c25-24(26,27)15-2-1-3-16(10-15)28-20(30)12-29-21(31)19(36-23(29)34)11-17-8-9-18(35-17)13-4-6-14(7-5-13)22(32)33/h1-11H,12H2,(H,28,30)(H,32,33)/b19-11-. The number of hydrogen-bond acceptors (Lipinski definition) is 6. The molecule has 3 amide bonds. The quantitative estimate of drug-likeness (QED) is 0.425. The molecule has 4 rings (SSSR count). The van der Waals surface area contributed by atoms with Crippen LogP contribution in [0.15, 0.2) is 70.0 Å². The van der Waals surface area contributed by atoms with Gasteiger partial charge in [0.05, 0.1) is 16.0 Å². The van der Waals surface area contributed by atoms with Crippen LogP contribution in [0.3, 0.4) is 0 Å². The van der Waals surface area contributed by atoms with Crippen molar-refractivity contribution in [3.8, 4) is 11.3 Å². The second kappa shape index (κ2) is 9.74. The molecule has 0 unspecified atom stereocenters. The van der Waals surface area contributed by atoms with Gasteiger partial charge < -0.3 is 14.8 Å². The fourth-order valence-electron chi connectivity index (χ4n) is 3.25. The molecule has 2 aromatic carbocycles. The maximum atomic E-state index is 12.9. The number of alkyl halides is 3. The third kappa shape index (κ3) is 5.49. The second-order valence-electron chi connectivity index (χ2n) is 7.48. The minimum atomic E-state index is -4.59. The van der Waals surface area contributed by atoms with E-state index in [1.807, 2.05) is 0 Å². The number of aromatic carboxylic acids is 1. The lowest BCUT2D eigenvalue weighted by Crippen LogP contribution is -2.36. The van der Waals surface area contributed by atoms with Gasteiger partial charge in [0.2, 0.25) is 5.91 Å². The van der Waals surface area contributed by atoms with Crippen LogP contribution in [-0.2, 0) is 15.8 Å². The molecule has 36 heavy (non-hydrogen) atoms. The van der Waals surface area contributed by atoms with E-state index in [0.29, 0.717) is 28.0 Å². The average molecular weight is 516 g/mol. The number of carboxylic acids is 1. The van der Waals surface area contributed by atoms with Crippen molar-refractivity contribution in [2.75, 3.05) is 11.9 Å². The summed E-state index contributed by atoms with van der Waals surface area (Å²) >= 11 is 0.585. The molecule has 0 spiro atoms. The van der Waals surface area contributed by atoms with Crippen LogP contribution >= 0.6 is 11.8 Å². The van der Waals surface area contributed by atoms with E-state index >= 15 is 0 Å². The van der Waals surface area contributed by atoms with Crippen LogP contribution in [0.2, 0.25) is 0 Å². The summed E-state index contributed by atoms with van der Waals surface area (Å²) in [5, 5.41) is 10.5. The Morgan fingerprint density at radius 3 is 2.44 bits per heavy atom. The highest BCUT2D eigenvalue weighted by Gasteiger charge is 2.37. The topological polar surface area (TPSA) is 117 Å². The van der Waals surface area contributed by atoms with Gasteiger partial charge in [0, 0.05) is 17.3 Å². The van der Waals surface area contributed by atoms with E-state index in [-0.39, 0.29) is 21.9 Å². The number of hydrogen-bond donors (Lipinski definition) is 2. The van der Waals surface area contributed by atoms with E-state index in [2.05, 4.69) is 5.32 Å². The van der Waals surface area contributed by atoms with Gasteiger partial charge in [0.1, 0.15) is 18.1 Å². The van der Waals surface area contributed by atoms with Crippen LogP contribution in [0.25, 0.3) is 17.4 Å². The molecule has 1 aliphatic heterocycles. The summed E-state index contributed by atoms with van der Waals surface area (Å²) in [6.07, 6.45) is -3.27. The number of carboxylic acid groups (broad SMARTS) is 1. The Balaban J connectivity index is 1.43. The number of benzene rings is 2. The highest BCUT2D eigenvalue weighted by molar-refractivity contribution is 8.18. The molecule has 0 atom stereocenters. The van der Waals surface area contributed by atoms with Crippen molar-refractivity contribution in [1.29, 1.82) is 0 Å². The number of nitrogens with one attached hydrogen (secondary N) is 1. The molecule has 184 valence electrons. The van der Waals surface area contributed by atoms with Gasteiger partial charge in [0.15, 0.2) is 0 Å². The number of halogens is 3. The number of rotatable bonds is 6. The summed E-state index contributed by atoms with van der Waals surface area (Å²) in [6, 6.07) is 13.1. The van der Waals surface area contributed by atoms with Gasteiger partial charge >= 0.3 is 12.1 Å². The molecule has 12 heteroatoms. The minimum absolute atomic E-state index is 0.00556. The third-order valence-corrected chi connectivity index (χ3v) is 5.87. The molecule has 2 N–H and O–H groups in total. The van der Waals surface area contributed by atoms with Gasteiger partial charge in [0.25, 0.3) is 11.1 Å². The number of anilines is 1. The smallest absolute Gasteiger partial charge is 0.416 e. The lowest BCUT2D eigenvalue weighted by Gasteiger charge is -2.13. The van der Waals surface area contributed by atoms with Crippen molar-refractivity contribution in [1.82, 2.24) is 4.90 Å². The molecule has 0 saturated carbocycles. The van der Waals surface area contributed by atoms with E-state index in [1.54, 1.807) is 24.3 Å². The summed E-state index contributed by atoms with van der Waals surface area (Å²) in [5.41, 5.74) is -0.378. The van der Waals surface area contributed by atoms with Crippen molar-refractivity contribution < 1.29 is 41.9 Å². The zero-order valence-electron chi connectivity index (χ0n) is 18.0. The zero-order chi connectivity index (χ0) is 26.0. The molecule has 0 radical (unpaired) electrons. The minimum Gasteiger partial charge on any atom is -0.478 e. The van der Waals surface area contributed by atoms with Crippen molar-refractivity contribution in [2.24, 2.45) is 0 Å². The van der Waals surface area contributed by atoms with Crippen molar-refractivity contribution in [3.05, 3.63) is 82.5 Å². The number of furan rings is 1. The Morgan fingerprint density at radius 2 is 1.78 bits per heavy atom. The fourth-order valence-corrected chi connectivity index (χ4v) is 4.06. The maximum absolute atomic E-state index is 12.9. The van der Waals surface area contributed by atoms with Crippen LogP contribution in [0, 0.1) is 0 Å². The van der Waals surface area contributed by atoms with Crippen LogP contribution in [0.5, 0.6) is 0 Å². The maximum Gasteiger partial charge on any atom is 0.416 e. The van der Waals surface area contributed by atoms with Gasteiger partial charge in [-0.15, -0.1) is 0 Å². The van der Waals surface area contributed by atoms with Crippen molar-refractivity contribution in [3.63, 3.8) is 0 Å². The molecule has 0 bridgehead atoms. The van der Waals surface area contributed by atoms with Gasteiger partial charge in [-0.05, 0) is 54.2 Å². The predicted octanol–water partition coefficient (Wildman–Crippen LogP) is 5.34. The summed E-state index contributed by atoms with van der Waals surface area (Å²) < 4.78 is 44.2. The molecular weight excluding hydrogens is 501 g/mol. The Labute approximate surface area is 205 Å². The molecule has 2 heterocycles. The van der Waals surface area contributed by atoms with Gasteiger partial charge in [-0.2, -0.15) is 13.2 Å². The molecule has 1 aliphatic rings. The van der Waals surface area contributed by atoms with Crippen LogP contribution in [0.1, 0.15) is 21.7 Å². The normalized spacial score (nSPS) is 15.0. The number of carbonyl (C=O) groups is 4. The summed E-state index contributed by atoms with van der Waals surface area (Å²) in [5.74, 6) is -2.03. The number of thioether (sulfide) groups is 1. The molecule has 0 aliphatic carbocycles. The fraction of sp³-hybridized carbons (Fsp3) is 0.0833. The Hall–Kier alpha value is -4.32. The van der Waals surface area contributed by atoms with Crippen molar-refractivity contribution in [2.45, 2.75) is 6.18 Å². The molecule has 1 fully saturated rings. The number of nitrogens with zero attached hydrogens (tertiary/aromatic N) is 1. The van der Waals surface area contributed by atoms with Crippen molar-refractivity contribution >= 4 is 46.5 Å². The summed E-state index contributed by atoms with van der Waals surface area (Å²) in [6.45, 7) is -0.683. The largest absolute Gasteiger partial charge is 0.478 e. The average Bonchev–Trinajstić information content (AvgIpc) is 3.39. The molecule has 3 aromatic rings. The lowest BCUT2D eigenvalue weighted by molar-refractivity contribution is -0.137. The number of imide groups is 1. The first-order valence-corrected chi connectivity index (χ1v) is 11.0. The van der Waals surface area contributed by atoms with Crippen LogP contribution in [-0.4, -0.2) is 39.6 Å². The van der Waals surface area contributed by atoms with Crippen LogP contribution in [0.4, 0.5) is 23.7 Å². The second-order valence-corrected chi connectivity index (χ2v) is 8.47. The Morgan fingerprint density at radius 1 is 1.06 bits per heavy atom. The molecule has 8 nitrogen and oxygen atoms in total. The zero-order valence-corrected chi connectivity index (χ0v) is 18.9. The molecule has 1 saturated heterocycles. The summed E-state index contributed by atoms with van der Waals surface area (Å²) in [7, 11) is 0. The number of carbonyl (C=O) groups excluding carboxylic acids is 3. The Bertz CT molecular complexity index is 1400. The lowest BCUT2D eigenvalue weighted by atomic mass is 10.1. The first-order chi connectivity index (χ1) is 17.0. The third-order valence-electron chi connectivity index (χ3n) is 4.97. The molecular formula is C24H15F3N2O6S. The number of amides is 3. The highest BCUT2D eigenvalue weighted by atomic mass is 32.2. The van der Waals surface area contributed by atoms with E-state index in [9.17, 15) is 32.3 Å².